The van der Waals surface area contributed by atoms with E-state index < -0.39 is 0 Å². The van der Waals surface area contributed by atoms with Crippen LogP contribution in [-0.2, 0) is 17.3 Å². The highest BCUT2D eigenvalue weighted by Gasteiger charge is 2.44. The van der Waals surface area contributed by atoms with Crippen molar-refractivity contribution in [2.45, 2.75) is 31.6 Å². The molecular weight excluding hydrogens is 395 g/mol. The van der Waals surface area contributed by atoms with Gasteiger partial charge in [0, 0.05) is 30.2 Å². The first-order valence-electron chi connectivity index (χ1n) is 9.14. The molecule has 1 heterocycles. The summed E-state index contributed by atoms with van der Waals surface area (Å²) in [5, 5.41) is 13.0. The molecule has 1 aromatic heterocycles. The molecule has 0 atom stereocenters. The van der Waals surface area contributed by atoms with Gasteiger partial charge in [-0.25, -0.2) is 0 Å². The molecule has 3 aromatic rings. The third-order valence-corrected chi connectivity index (χ3v) is 6.00. The molecule has 1 fully saturated rings. The highest BCUT2D eigenvalue weighted by molar-refractivity contribution is 6.33. The van der Waals surface area contributed by atoms with Gasteiger partial charge in [-0.2, -0.15) is 0 Å². The van der Waals surface area contributed by atoms with Crippen molar-refractivity contribution in [3.63, 3.8) is 0 Å². The molecule has 0 aliphatic heterocycles. The van der Waals surface area contributed by atoms with E-state index in [4.69, 9.17) is 23.2 Å². The zero-order valence-corrected chi connectivity index (χ0v) is 17.2. The third kappa shape index (κ3) is 3.19. The standard InChI is InChI=1S/C21H20Cl2N4O/c1-13(28)24-16-8-9-17(18(23)12-16)19-25-26-20(27(19)2)21(10-3-11-21)14-4-6-15(22)7-5-14/h4-9,12H,3,10-11H2,1-2H3,(H,24,28). The van der Waals surface area contributed by atoms with Gasteiger partial charge in [-0.05, 0) is 48.7 Å². The van der Waals surface area contributed by atoms with Crippen LogP contribution in [-0.4, -0.2) is 20.7 Å². The summed E-state index contributed by atoms with van der Waals surface area (Å²) in [7, 11) is 1.97. The van der Waals surface area contributed by atoms with Crippen LogP contribution in [0.2, 0.25) is 10.0 Å². The number of nitrogens with zero attached hydrogens (tertiary/aromatic N) is 3. The van der Waals surface area contributed by atoms with Gasteiger partial charge in [0.15, 0.2) is 5.82 Å². The fraction of sp³-hybridized carbons (Fsp3) is 0.286. The minimum Gasteiger partial charge on any atom is -0.326 e. The van der Waals surface area contributed by atoms with Gasteiger partial charge in [-0.15, -0.1) is 10.2 Å². The monoisotopic (exact) mass is 414 g/mol. The van der Waals surface area contributed by atoms with Gasteiger partial charge in [0.2, 0.25) is 5.91 Å². The number of benzene rings is 2. The van der Waals surface area contributed by atoms with Crippen molar-refractivity contribution in [1.82, 2.24) is 14.8 Å². The molecule has 1 saturated carbocycles. The molecule has 4 rings (SSSR count). The molecule has 1 aliphatic carbocycles. The summed E-state index contributed by atoms with van der Waals surface area (Å²) in [6.45, 7) is 1.46. The fourth-order valence-electron chi connectivity index (χ4n) is 3.90. The Bertz CT molecular complexity index is 1040. The fourth-order valence-corrected chi connectivity index (χ4v) is 4.29. The Kier molecular flexibility index (Phi) is 4.89. The molecule has 0 bridgehead atoms. The molecule has 0 unspecified atom stereocenters. The predicted octanol–water partition coefficient (Wildman–Crippen LogP) is 5.22. The van der Waals surface area contributed by atoms with Crippen molar-refractivity contribution >= 4 is 34.8 Å². The summed E-state index contributed by atoms with van der Waals surface area (Å²) in [5.74, 6) is 1.49. The number of rotatable bonds is 4. The molecular formula is C21H20Cl2N4O. The van der Waals surface area contributed by atoms with E-state index in [1.54, 1.807) is 6.07 Å². The van der Waals surface area contributed by atoms with Crippen LogP contribution >= 0.6 is 23.2 Å². The van der Waals surface area contributed by atoms with E-state index in [1.807, 2.05) is 35.9 Å². The first-order chi connectivity index (χ1) is 13.4. The van der Waals surface area contributed by atoms with Crippen LogP contribution in [0.15, 0.2) is 42.5 Å². The maximum absolute atomic E-state index is 11.3. The van der Waals surface area contributed by atoms with Crippen molar-refractivity contribution in [2.24, 2.45) is 7.05 Å². The maximum atomic E-state index is 11.3. The average molecular weight is 415 g/mol. The maximum Gasteiger partial charge on any atom is 0.221 e. The van der Waals surface area contributed by atoms with Crippen molar-refractivity contribution in [1.29, 1.82) is 0 Å². The SMILES string of the molecule is CC(=O)Nc1ccc(-c2nnc(C3(c4ccc(Cl)cc4)CCC3)n2C)c(Cl)c1. The first-order valence-corrected chi connectivity index (χ1v) is 9.90. The lowest BCUT2D eigenvalue weighted by atomic mass is 9.64. The molecule has 0 spiro atoms. The average Bonchev–Trinajstić information content (AvgIpc) is 2.97. The van der Waals surface area contributed by atoms with Crippen LogP contribution in [0.25, 0.3) is 11.4 Å². The molecule has 1 N–H and O–H groups in total. The van der Waals surface area contributed by atoms with Crippen LogP contribution in [0.1, 0.15) is 37.6 Å². The topological polar surface area (TPSA) is 59.8 Å². The Morgan fingerprint density at radius 1 is 1.11 bits per heavy atom. The molecule has 144 valence electrons. The van der Waals surface area contributed by atoms with E-state index >= 15 is 0 Å². The Morgan fingerprint density at radius 3 is 2.39 bits per heavy atom. The minimum absolute atomic E-state index is 0.139. The van der Waals surface area contributed by atoms with Crippen molar-refractivity contribution in [3.05, 3.63) is 63.9 Å². The molecule has 0 saturated heterocycles. The summed E-state index contributed by atoms with van der Waals surface area (Å²) >= 11 is 12.6. The molecule has 5 nitrogen and oxygen atoms in total. The number of halogens is 2. The van der Waals surface area contributed by atoms with Gasteiger partial charge < -0.3 is 9.88 Å². The smallest absolute Gasteiger partial charge is 0.221 e. The van der Waals surface area contributed by atoms with Crippen LogP contribution in [0.3, 0.4) is 0 Å². The van der Waals surface area contributed by atoms with E-state index in [9.17, 15) is 4.79 Å². The second-order valence-corrected chi connectivity index (χ2v) is 8.07. The van der Waals surface area contributed by atoms with Crippen molar-refractivity contribution in [2.75, 3.05) is 5.32 Å². The zero-order valence-electron chi connectivity index (χ0n) is 15.7. The van der Waals surface area contributed by atoms with E-state index in [-0.39, 0.29) is 11.3 Å². The number of hydrogen-bond acceptors (Lipinski definition) is 3. The summed E-state index contributed by atoms with van der Waals surface area (Å²) in [6.07, 6.45) is 3.20. The quantitative estimate of drug-likeness (QED) is 0.636. The van der Waals surface area contributed by atoms with Gasteiger partial charge >= 0.3 is 0 Å². The Labute approximate surface area is 173 Å². The Morgan fingerprint density at radius 2 is 1.82 bits per heavy atom. The second kappa shape index (κ2) is 7.22. The van der Waals surface area contributed by atoms with Crippen molar-refractivity contribution in [3.8, 4) is 11.4 Å². The largest absolute Gasteiger partial charge is 0.326 e. The van der Waals surface area contributed by atoms with Crippen LogP contribution in [0, 0.1) is 0 Å². The normalized spacial score (nSPS) is 15.1. The molecule has 2 aromatic carbocycles. The summed E-state index contributed by atoms with van der Waals surface area (Å²) in [4.78, 5) is 11.3. The van der Waals surface area contributed by atoms with E-state index in [0.717, 1.165) is 35.7 Å². The lowest BCUT2D eigenvalue weighted by molar-refractivity contribution is -0.114. The van der Waals surface area contributed by atoms with Gasteiger partial charge in [-0.3, -0.25) is 4.79 Å². The highest BCUT2D eigenvalue weighted by Crippen LogP contribution is 2.49. The van der Waals surface area contributed by atoms with Gasteiger partial charge in [0.25, 0.3) is 0 Å². The van der Waals surface area contributed by atoms with Crippen LogP contribution in [0.5, 0.6) is 0 Å². The van der Waals surface area contributed by atoms with Crippen molar-refractivity contribution < 1.29 is 4.79 Å². The predicted molar refractivity (Wildman–Crippen MR) is 112 cm³/mol. The number of nitrogens with one attached hydrogen (secondary N) is 1. The molecule has 0 radical (unpaired) electrons. The first kappa shape index (κ1) is 19.0. The minimum atomic E-state index is -0.146. The summed E-state index contributed by atoms with van der Waals surface area (Å²) in [5.41, 5.74) is 2.49. The zero-order chi connectivity index (χ0) is 19.9. The summed E-state index contributed by atoms with van der Waals surface area (Å²) < 4.78 is 2.02. The molecule has 7 heteroatoms. The van der Waals surface area contributed by atoms with Gasteiger partial charge in [0.1, 0.15) is 5.82 Å². The molecule has 28 heavy (non-hydrogen) atoms. The van der Waals surface area contributed by atoms with Gasteiger partial charge in [0.05, 0.1) is 10.4 Å². The Balaban J connectivity index is 1.73. The van der Waals surface area contributed by atoms with E-state index in [2.05, 4.69) is 27.6 Å². The molecule has 1 amide bonds. The summed E-state index contributed by atoms with van der Waals surface area (Å²) in [6, 6.07) is 13.4. The highest BCUT2D eigenvalue weighted by atomic mass is 35.5. The van der Waals surface area contributed by atoms with Crippen LogP contribution in [0.4, 0.5) is 5.69 Å². The second-order valence-electron chi connectivity index (χ2n) is 7.22. The molecule has 1 aliphatic rings. The van der Waals surface area contributed by atoms with Gasteiger partial charge in [-0.1, -0.05) is 41.8 Å². The van der Waals surface area contributed by atoms with Crippen LogP contribution < -0.4 is 5.32 Å². The number of hydrogen-bond donors (Lipinski definition) is 1. The number of anilines is 1. The Hall–Kier alpha value is -2.37. The number of carbonyl (C=O) groups is 1. The number of amides is 1. The van der Waals surface area contributed by atoms with E-state index in [0.29, 0.717) is 16.5 Å². The lowest BCUT2D eigenvalue weighted by Crippen LogP contribution is -2.38. The van der Waals surface area contributed by atoms with E-state index in [1.165, 1.54) is 12.5 Å². The number of aromatic nitrogens is 3. The lowest BCUT2D eigenvalue weighted by Gasteiger charge is -2.41. The third-order valence-electron chi connectivity index (χ3n) is 5.44. The number of carbonyl (C=O) groups excluding carboxylic acids is 1.